The first kappa shape index (κ1) is 22.7. The summed E-state index contributed by atoms with van der Waals surface area (Å²) in [4.78, 5) is 24.3. The zero-order chi connectivity index (χ0) is 23.4. The first-order chi connectivity index (χ1) is 15.9. The minimum absolute atomic E-state index is 0.0814. The van der Waals surface area contributed by atoms with Gasteiger partial charge in [0.05, 0.1) is 16.0 Å². The Kier molecular flexibility index (Phi) is 6.55. The van der Waals surface area contributed by atoms with E-state index < -0.39 is 28.5 Å². The van der Waals surface area contributed by atoms with Crippen LogP contribution in [-0.2, 0) is 32.5 Å². The predicted octanol–water partition coefficient (Wildman–Crippen LogP) is 3.16. The van der Waals surface area contributed by atoms with Crippen LogP contribution < -0.4 is 5.32 Å². The highest BCUT2D eigenvalue weighted by atomic mass is 32.2. The van der Waals surface area contributed by atoms with Gasteiger partial charge in [-0.3, -0.25) is 4.79 Å². The zero-order valence-electron chi connectivity index (χ0n) is 17.4. The van der Waals surface area contributed by atoms with E-state index in [2.05, 4.69) is 5.32 Å². The van der Waals surface area contributed by atoms with Crippen molar-refractivity contribution in [3.05, 3.63) is 82.2 Å². The van der Waals surface area contributed by atoms with Crippen LogP contribution in [0.5, 0.6) is 0 Å². The minimum atomic E-state index is -3.72. The smallest absolute Gasteiger partial charge is 0.338 e. The molecule has 2 heterocycles. The Morgan fingerprint density at radius 3 is 2.55 bits per heavy atom. The lowest BCUT2D eigenvalue weighted by atomic mass is 10.0. The van der Waals surface area contributed by atoms with Gasteiger partial charge in [0.2, 0.25) is 10.0 Å². The Balaban J connectivity index is 1.37. The molecule has 1 amide bonds. The number of rotatable bonds is 6. The van der Waals surface area contributed by atoms with Gasteiger partial charge in [-0.2, -0.15) is 9.57 Å². The van der Waals surface area contributed by atoms with Crippen LogP contribution in [0.1, 0.15) is 27.0 Å². The summed E-state index contributed by atoms with van der Waals surface area (Å²) < 4.78 is 32.5. The van der Waals surface area contributed by atoms with Gasteiger partial charge in [-0.25, -0.2) is 13.2 Å². The van der Waals surface area contributed by atoms with E-state index in [0.29, 0.717) is 30.1 Å². The van der Waals surface area contributed by atoms with Crippen molar-refractivity contribution in [2.75, 3.05) is 18.5 Å². The van der Waals surface area contributed by atoms with Crippen LogP contribution in [0.15, 0.2) is 64.9 Å². The second-order valence-corrected chi connectivity index (χ2v) is 10.1. The number of ether oxygens (including phenoxy) is 1. The Hall–Kier alpha value is -3.52. The van der Waals surface area contributed by atoms with Gasteiger partial charge >= 0.3 is 5.97 Å². The molecule has 0 atom stereocenters. The molecule has 0 saturated carbocycles. The molecule has 1 N–H and O–H groups in total. The van der Waals surface area contributed by atoms with E-state index in [1.54, 1.807) is 11.4 Å². The molecule has 0 aliphatic carbocycles. The topological polar surface area (TPSA) is 117 Å². The number of thiophene rings is 1. The van der Waals surface area contributed by atoms with Gasteiger partial charge in [-0.15, -0.1) is 11.3 Å². The second kappa shape index (κ2) is 9.54. The SMILES string of the molecule is N#Cc1ccsc1NC(=O)COC(=O)c1ccc(S(=O)(=O)N2CCc3ccccc3C2)cc1. The molecule has 0 unspecified atom stereocenters. The Bertz CT molecular complexity index is 1340. The summed E-state index contributed by atoms with van der Waals surface area (Å²) in [6.45, 7) is 0.153. The Labute approximate surface area is 195 Å². The molecule has 0 radical (unpaired) electrons. The van der Waals surface area contributed by atoms with E-state index in [-0.39, 0.29) is 10.5 Å². The van der Waals surface area contributed by atoms with Crippen molar-refractivity contribution < 1.29 is 22.7 Å². The molecule has 8 nitrogen and oxygen atoms in total. The molecule has 0 spiro atoms. The fraction of sp³-hybridized carbons (Fsp3) is 0.174. The van der Waals surface area contributed by atoms with Crippen molar-refractivity contribution in [2.24, 2.45) is 0 Å². The summed E-state index contributed by atoms with van der Waals surface area (Å²) in [5.41, 5.74) is 2.58. The summed E-state index contributed by atoms with van der Waals surface area (Å²) in [6, 6.07) is 16.7. The van der Waals surface area contributed by atoms with Crippen LogP contribution in [0.3, 0.4) is 0 Å². The number of carbonyl (C=O) groups is 2. The maximum atomic E-state index is 13.0. The fourth-order valence-electron chi connectivity index (χ4n) is 3.46. The van der Waals surface area contributed by atoms with Crippen LogP contribution >= 0.6 is 11.3 Å². The molecule has 1 aromatic heterocycles. The van der Waals surface area contributed by atoms with Gasteiger partial charge in [-0.1, -0.05) is 24.3 Å². The monoisotopic (exact) mass is 481 g/mol. The molecule has 168 valence electrons. The number of nitrogens with zero attached hydrogens (tertiary/aromatic N) is 2. The van der Waals surface area contributed by atoms with Gasteiger partial charge in [0, 0.05) is 13.1 Å². The maximum Gasteiger partial charge on any atom is 0.338 e. The Morgan fingerprint density at radius 2 is 1.82 bits per heavy atom. The highest BCUT2D eigenvalue weighted by Crippen LogP contribution is 2.25. The molecule has 1 aliphatic rings. The number of nitriles is 1. The third-order valence-corrected chi connectivity index (χ3v) is 7.89. The fourth-order valence-corrected chi connectivity index (χ4v) is 5.63. The highest BCUT2D eigenvalue weighted by molar-refractivity contribution is 7.89. The molecule has 10 heteroatoms. The summed E-state index contributed by atoms with van der Waals surface area (Å²) >= 11 is 1.19. The van der Waals surface area contributed by atoms with Crippen molar-refractivity contribution in [3.8, 4) is 6.07 Å². The van der Waals surface area contributed by atoms with Crippen molar-refractivity contribution in [2.45, 2.75) is 17.9 Å². The van der Waals surface area contributed by atoms with E-state index in [1.165, 1.54) is 39.9 Å². The molecular weight excluding hydrogens is 462 g/mol. The van der Waals surface area contributed by atoms with E-state index in [4.69, 9.17) is 10.00 Å². The largest absolute Gasteiger partial charge is 0.452 e. The molecule has 0 bridgehead atoms. The van der Waals surface area contributed by atoms with Crippen molar-refractivity contribution in [1.82, 2.24) is 4.31 Å². The number of sulfonamides is 1. The molecule has 1 aliphatic heterocycles. The molecule has 3 aromatic rings. The molecule has 0 fully saturated rings. The first-order valence-corrected chi connectivity index (χ1v) is 12.3. The van der Waals surface area contributed by atoms with Crippen LogP contribution in [0, 0.1) is 11.3 Å². The number of amides is 1. The van der Waals surface area contributed by atoms with Crippen LogP contribution in [0.4, 0.5) is 5.00 Å². The van der Waals surface area contributed by atoms with Crippen LogP contribution in [0.25, 0.3) is 0 Å². The molecule has 33 heavy (non-hydrogen) atoms. The van der Waals surface area contributed by atoms with Crippen LogP contribution in [-0.4, -0.2) is 37.8 Å². The van der Waals surface area contributed by atoms with Gasteiger partial charge in [0.25, 0.3) is 5.91 Å². The average molecular weight is 482 g/mol. The number of benzene rings is 2. The molecule has 4 rings (SSSR count). The third-order valence-electron chi connectivity index (χ3n) is 5.20. The number of carbonyl (C=O) groups excluding carboxylic acids is 2. The maximum absolute atomic E-state index is 13.0. The number of fused-ring (bicyclic) bond motifs is 1. The van der Waals surface area contributed by atoms with Gasteiger partial charge in [0.1, 0.15) is 11.1 Å². The lowest BCUT2D eigenvalue weighted by molar-refractivity contribution is -0.119. The number of hydrogen-bond acceptors (Lipinski definition) is 7. The normalized spacial score (nSPS) is 13.5. The van der Waals surface area contributed by atoms with E-state index in [0.717, 1.165) is 11.1 Å². The lowest BCUT2D eigenvalue weighted by Gasteiger charge is -2.28. The van der Waals surface area contributed by atoms with Crippen molar-refractivity contribution in [1.29, 1.82) is 5.26 Å². The number of anilines is 1. The summed E-state index contributed by atoms with van der Waals surface area (Å²) in [5, 5.41) is 13.5. The Morgan fingerprint density at radius 1 is 1.09 bits per heavy atom. The van der Waals surface area contributed by atoms with Gasteiger partial charge in [0.15, 0.2) is 6.61 Å². The van der Waals surface area contributed by atoms with E-state index in [9.17, 15) is 18.0 Å². The molecule has 2 aromatic carbocycles. The number of esters is 1. The van der Waals surface area contributed by atoms with Gasteiger partial charge in [-0.05, 0) is 53.3 Å². The van der Waals surface area contributed by atoms with Crippen molar-refractivity contribution in [3.63, 3.8) is 0 Å². The summed E-state index contributed by atoms with van der Waals surface area (Å²) in [5.74, 6) is -1.33. The van der Waals surface area contributed by atoms with E-state index in [1.807, 2.05) is 30.3 Å². The number of hydrogen-bond donors (Lipinski definition) is 1. The number of nitrogens with one attached hydrogen (secondary N) is 1. The summed E-state index contributed by atoms with van der Waals surface area (Å²) in [6.07, 6.45) is 0.642. The third kappa shape index (κ3) is 4.96. The highest BCUT2D eigenvalue weighted by Gasteiger charge is 2.28. The molecule has 0 saturated heterocycles. The van der Waals surface area contributed by atoms with Gasteiger partial charge < -0.3 is 10.1 Å². The van der Waals surface area contributed by atoms with E-state index >= 15 is 0 Å². The summed E-state index contributed by atoms with van der Waals surface area (Å²) in [7, 11) is -3.72. The minimum Gasteiger partial charge on any atom is -0.452 e. The standard InChI is InChI=1S/C23H19N3O5S2/c24-13-18-10-12-32-22(18)25-21(27)15-31-23(28)17-5-7-20(8-6-17)33(29,30)26-11-9-16-3-1-2-4-19(16)14-26/h1-8,10,12H,9,11,14-15H2,(H,25,27). The zero-order valence-corrected chi connectivity index (χ0v) is 19.0. The van der Waals surface area contributed by atoms with Crippen LogP contribution in [0.2, 0.25) is 0 Å². The second-order valence-electron chi connectivity index (χ2n) is 7.28. The quantitative estimate of drug-likeness (QED) is 0.541. The lowest BCUT2D eigenvalue weighted by Crippen LogP contribution is -2.35. The predicted molar refractivity (Wildman–Crippen MR) is 122 cm³/mol. The average Bonchev–Trinajstić information content (AvgIpc) is 3.29. The van der Waals surface area contributed by atoms with Crippen molar-refractivity contribution >= 4 is 38.2 Å². The molecular formula is C23H19N3O5S2. The first-order valence-electron chi connectivity index (χ1n) is 10.00.